The summed E-state index contributed by atoms with van der Waals surface area (Å²) in [4.78, 5) is 4.30. The molecule has 1 N–H and O–H groups in total. The number of nitrogens with zero attached hydrogens (tertiary/aromatic N) is 1. The van der Waals surface area contributed by atoms with Crippen LogP contribution >= 0.6 is 11.3 Å². The molecule has 1 aromatic heterocycles. The molecule has 3 heteroatoms. The molecule has 2 aromatic carbocycles. The van der Waals surface area contributed by atoms with Crippen LogP contribution in [0.15, 0.2) is 48.0 Å². The summed E-state index contributed by atoms with van der Waals surface area (Å²) >= 11 is 1.68. The minimum atomic E-state index is 0.297. The molecular weight excluding hydrogens is 252 g/mol. The molecule has 1 atom stereocenters. The van der Waals surface area contributed by atoms with E-state index in [4.69, 9.17) is 0 Å². The zero-order chi connectivity index (χ0) is 13.2. The highest BCUT2D eigenvalue weighted by Crippen LogP contribution is 2.25. The molecule has 1 unspecified atom stereocenters. The van der Waals surface area contributed by atoms with Gasteiger partial charge in [0.05, 0.1) is 15.7 Å². The Morgan fingerprint density at radius 1 is 1.11 bits per heavy atom. The van der Waals surface area contributed by atoms with E-state index in [-0.39, 0.29) is 0 Å². The number of hydrogen-bond donors (Lipinski definition) is 1. The Kier molecular flexibility index (Phi) is 3.22. The van der Waals surface area contributed by atoms with Crippen molar-refractivity contribution in [2.45, 2.75) is 19.9 Å². The number of nitrogens with one attached hydrogen (secondary N) is 1. The molecule has 3 rings (SSSR count). The maximum atomic E-state index is 4.30. The highest BCUT2D eigenvalue weighted by Gasteiger charge is 2.06. The average molecular weight is 268 g/mol. The molecule has 0 aliphatic heterocycles. The van der Waals surface area contributed by atoms with Crippen molar-refractivity contribution in [3.05, 3.63) is 59.1 Å². The summed E-state index contributed by atoms with van der Waals surface area (Å²) in [6.45, 7) is 4.29. The first-order valence-electron chi connectivity index (χ1n) is 6.39. The van der Waals surface area contributed by atoms with E-state index in [1.54, 1.807) is 11.3 Å². The van der Waals surface area contributed by atoms with Gasteiger partial charge < -0.3 is 5.32 Å². The van der Waals surface area contributed by atoms with Gasteiger partial charge in [0.25, 0.3) is 0 Å². The number of hydrogen-bond acceptors (Lipinski definition) is 3. The third-order valence-corrected chi connectivity index (χ3v) is 4.08. The van der Waals surface area contributed by atoms with Crippen molar-refractivity contribution >= 4 is 27.2 Å². The van der Waals surface area contributed by atoms with E-state index in [1.165, 1.54) is 15.8 Å². The average Bonchev–Trinajstić information content (AvgIpc) is 2.87. The van der Waals surface area contributed by atoms with Gasteiger partial charge in [0.15, 0.2) is 0 Å². The molecule has 0 spiro atoms. The standard InChI is InChI=1S/C16H16N2S/c1-11-3-5-13(6-4-11)12(2)18-14-7-8-15-16(9-14)19-10-17-15/h3-10,12,18H,1-2H3. The summed E-state index contributed by atoms with van der Waals surface area (Å²) in [6, 6.07) is 15.3. The van der Waals surface area contributed by atoms with Crippen LogP contribution in [0, 0.1) is 6.92 Å². The number of rotatable bonds is 3. The van der Waals surface area contributed by atoms with Crippen molar-refractivity contribution in [2.75, 3.05) is 5.32 Å². The van der Waals surface area contributed by atoms with Gasteiger partial charge in [-0.3, -0.25) is 0 Å². The second kappa shape index (κ2) is 5.02. The molecule has 0 fully saturated rings. The van der Waals surface area contributed by atoms with Gasteiger partial charge in [-0.1, -0.05) is 29.8 Å². The zero-order valence-corrected chi connectivity index (χ0v) is 11.9. The number of anilines is 1. The highest BCUT2D eigenvalue weighted by atomic mass is 32.1. The normalized spacial score (nSPS) is 12.5. The van der Waals surface area contributed by atoms with Crippen LogP contribution in [0.3, 0.4) is 0 Å². The van der Waals surface area contributed by atoms with Crippen LogP contribution in [0.4, 0.5) is 5.69 Å². The van der Waals surface area contributed by atoms with Gasteiger partial charge in [-0.25, -0.2) is 4.98 Å². The molecule has 96 valence electrons. The van der Waals surface area contributed by atoms with Crippen LogP contribution in [-0.2, 0) is 0 Å². The molecule has 0 radical (unpaired) electrons. The van der Waals surface area contributed by atoms with E-state index in [1.807, 2.05) is 5.51 Å². The number of benzene rings is 2. The third-order valence-electron chi connectivity index (χ3n) is 3.29. The molecule has 0 bridgehead atoms. The van der Waals surface area contributed by atoms with Crippen molar-refractivity contribution in [2.24, 2.45) is 0 Å². The zero-order valence-electron chi connectivity index (χ0n) is 11.1. The Morgan fingerprint density at radius 2 is 1.89 bits per heavy atom. The molecule has 0 saturated heterocycles. The van der Waals surface area contributed by atoms with Crippen molar-refractivity contribution in [3.63, 3.8) is 0 Å². The highest BCUT2D eigenvalue weighted by molar-refractivity contribution is 7.16. The van der Waals surface area contributed by atoms with Crippen molar-refractivity contribution in [1.29, 1.82) is 0 Å². The van der Waals surface area contributed by atoms with Gasteiger partial charge in [-0.2, -0.15) is 0 Å². The lowest BCUT2D eigenvalue weighted by atomic mass is 10.1. The van der Waals surface area contributed by atoms with E-state index in [9.17, 15) is 0 Å². The Balaban J connectivity index is 1.81. The van der Waals surface area contributed by atoms with Crippen molar-refractivity contribution in [1.82, 2.24) is 4.98 Å². The van der Waals surface area contributed by atoms with Gasteiger partial charge in [0.1, 0.15) is 0 Å². The van der Waals surface area contributed by atoms with Crippen LogP contribution in [0.5, 0.6) is 0 Å². The first kappa shape index (κ1) is 12.2. The number of thiazole rings is 1. The Bertz CT molecular complexity index is 685. The molecule has 0 saturated carbocycles. The lowest BCUT2D eigenvalue weighted by molar-refractivity contribution is 0.884. The van der Waals surface area contributed by atoms with Crippen molar-refractivity contribution < 1.29 is 0 Å². The quantitative estimate of drug-likeness (QED) is 0.739. The number of aromatic nitrogens is 1. The molecular formula is C16H16N2S. The predicted octanol–water partition coefficient (Wildman–Crippen LogP) is 4.78. The van der Waals surface area contributed by atoms with E-state index >= 15 is 0 Å². The fourth-order valence-corrected chi connectivity index (χ4v) is 2.85. The van der Waals surface area contributed by atoms with Gasteiger partial charge in [-0.15, -0.1) is 11.3 Å². The lowest BCUT2D eigenvalue weighted by Gasteiger charge is -2.16. The molecule has 3 aromatic rings. The minimum absolute atomic E-state index is 0.297. The SMILES string of the molecule is Cc1ccc(C(C)Nc2ccc3ncsc3c2)cc1. The van der Waals surface area contributed by atoms with E-state index in [0.717, 1.165) is 11.2 Å². The summed E-state index contributed by atoms with van der Waals surface area (Å²) in [5, 5.41) is 3.54. The second-order valence-electron chi connectivity index (χ2n) is 4.81. The van der Waals surface area contributed by atoms with Crippen molar-refractivity contribution in [3.8, 4) is 0 Å². The summed E-state index contributed by atoms with van der Waals surface area (Å²) in [6.07, 6.45) is 0. The molecule has 1 heterocycles. The molecule has 0 amide bonds. The molecule has 0 aliphatic rings. The molecule has 19 heavy (non-hydrogen) atoms. The van der Waals surface area contributed by atoms with Crippen LogP contribution in [0.2, 0.25) is 0 Å². The first-order chi connectivity index (χ1) is 9.22. The second-order valence-corrected chi connectivity index (χ2v) is 5.70. The summed E-state index contributed by atoms with van der Waals surface area (Å²) in [5.41, 5.74) is 6.69. The van der Waals surface area contributed by atoms with Gasteiger partial charge >= 0.3 is 0 Å². The maximum absolute atomic E-state index is 4.30. The molecule has 2 nitrogen and oxygen atoms in total. The van der Waals surface area contributed by atoms with E-state index in [0.29, 0.717) is 6.04 Å². The molecule has 0 aliphatic carbocycles. The van der Waals surface area contributed by atoms with Crippen LogP contribution in [-0.4, -0.2) is 4.98 Å². The van der Waals surface area contributed by atoms with Gasteiger partial charge in [0.2, 0.25) is 0 Å². The maximum Gasteiger partial charge on any atom is 0.0813 e. The fraction of sp³-hybridized carbons (Fsp3) is 0.188. The Hall–Kier alpha value is -1.87. The van der Waals surface area contributed by atoms with E-state index < -0.39 is 0 Å². The smallest absolute Gasteiger partial charge is 0.0813 e. The predicted molar refractivity (Wildman–Crippen MR) is 82.8 cm³/mol. The Morgan fingerprint density at radius 3 is 2.68 bits per heavy atom. The Labute approximate surface area is 117 Å². The van der Waals surface area contributed by atoms with Crippen LogP contribution < -0.4 is 5.32 Å². The monoisotopic (exact) mass is 268 g/mol. The van der Waals surface area contributed by atoms with Crippen LogP contribution in [0.1, 0.15) is 24.1 Å². The topological polar surface area (TPSA) is 24.9 Å². The van der Waals surface area contributed by atoms with Crippen LogP contribution in [0.25, 0.3) is 10.2 Å². The van der Waals surface area contributed by atoms with Gasteiger partial charge in [0, 0.05) is 11.7 Å². The lowest BCUT2D eigenvalue weighted by Crippen LogP contribution is -2.06. The van der Waals surface area contributed by atoms with E-state index in [2.05, 4.69) is 66.6 Å². The number of fused-ring (bicyclic) bond motifs is 1. The summed E-state index contributed by atoms with van der Waals surface area (Å²) in [5.74, 6) is 0. The van der Waals surface area contributed by atoms with Gasteiger partial charge in [-0.05, 0) is 37.6 Å². The summed E-state index contributed by atoms with van der Waals surface area (Å²) < 4.78 is 1.22. The minimum Gasteiger partial charge on any atom is -0.378 e. The summed E-state index contributed by atoms with van der Waals surface area (Å²) in [7, 11) is 0. The third kappa shape index (κ3) is 2.61. The fourth-order valence-electron chi connectivity index (χ4n) is 2.13. The number of aryl methyl sites for hydroxylation is 1. The first-order valence-corrected chi connectivity index (χ1v) is 7.27. The largest absolute Gasteiger partial charge is 0.378 e.